The molecule has 90 valence electrons. The molecule has 0 aliphatic carbocycles. The number of aliphatic hydroxyl groups excluding tert-OH is 1. The number of hydrogen-bond acceptors (Lipinski definition) is 6. The molecule has 5 nitrogen and oxygen atoms in total. The highest BCUT2D eigenvalue weighted by Crippen LogP contribution is 2.30. The molecule has 0 amide bonds. The maximum absolute atomic E-state index is 8.93. The maximum atomic E-state index is 8.93. The lowest BCUT2D eigenvalue weighted by Crippen LogP contribution is -1.86. The van der Waals surface area contributed by atoms with Crippen LogP contribution in [0.5, 0.6) is 10.9 Å². The summed E-state index contributed by atoms with van der Waals surface area (Å²) in [6.45, 7) is -0.127. The molecule has 1 aromatic carbocycles. The fraction of sp³-hybridized carbons (Fsp3) is 0.0833. The zero-order valence-electron chi connectivity index (χ0n) is 9.28. The molecule has 0 aliphatic heterocycles. The Hall–Kier alpha value is -2.05. The molecule has 2 aromatic heterocycles. The van der Waals surface area contributed by atoms with Crippen LogP contribution in [0.25, 0.3) is 10.9 Å². The topological polar surface area (TPSA) is 68.1 Å². The van der Waals surface area contributed by atoms with Gasteiger partial charge >= 0.3 is 0 Å². The molecule has 0 fully saturated rings. The summed E-state index contributed by atoms with van der Waals surface area (Å²) in [6.07, 6.45) is 1.74. The molecule has 0 unspecified atom stereocenters. The molecule has 0 spiro atoms. The Balaban J connectivity index is 1.99. The second kappa shape index (κ2) is 4.67. The molecule has 2 heterocycles. The van der Waals surface area contributed by atoms with E-state index in [1.807, 2.05) is 30.3 Å². The van der Waals surface area contributed by atoms with Crippen LogP contribution in [-0.4, -0.2) is 20.3 Å². The number of fused-ring (bicyclic) bond motifs is 1. The number of hydrogen-bond donors (Lipinski definition) is 1. The Kier molecular flexibility index (Phi) is 2.87. The summed E-state index contributed by atoms with van der Waals surface area (Å²) in [7, 11) is 0. The maximum Gasteiger partial charge on any atom is 0.299 e. The third kappa shape index (κ3) is 2.03. The van der Waals surface area contributed by atoms with Gasteiger partial charge in [-0.05, 0) is 24.3 Å². The Morgan fingerprint density at radius 2 is 2.11 bits per heavy atom. The minimum absolute atomic E-state index is 0.127. The molecular formula is C12H9N3O2S. The van der Waals surface area contributed by atoms with Crippen LogP contribution in [0.3, 0.4) is 0 Å². The predicted molar refractivity (Wildman–Crippen MR) is 67.6 cm³/mol. The fourth-order valence-corrected chi connectivity index (χ4v) is 2.16. The van der Waals surface area contributed by atoms with E-state index in [2.05, 4.69) is 15.2 Å². The lowest BCUT2D eigenvalue weighted by molar-refractivity contribution is 0.280. The second-order valence-electron chi connectivity index (χ2n) is 3.55. The molecule has 6 heteroatoms. The summed E-state index contributed by atoms with van der Waals surface area (Å²) in [5.74, 6) is 0.682. The van der Waals surface area contributed by atoms with Crippen LogP contribution in [0.15, 0.2) is 36.5 Å². The van der Waals surface area contributed by atoms with Gasteiger partial charge in [0.2, 0.25) is 0 Å². The van der Waals surface area contributed by atoms with Gasteiger partial charge in [-0.2, -0.15) is 0 Å². The van der Waals surface area contributed by atoms with Crippen molar-refractivity contribution < 1.29 is 9.84 Å². The van der Waals surface area contributed by atoms with Crippen LogP contribution >= 0.6 is 11.3 Å². The SMILES string of the molecule is OCc1nnc(Oc2cccc3ncccc23)s1. The standard InChI is InChI=1S/C12H9N3O2S/c16-7-11-14-15-12(18-11)17-10-5-1-4-9-8(10)3-2-6-13-9/h1-6,16H,7H2. The molecule has 0 bridgehead atoms. The van der Waals surface area contributed by atoms with Gasteiger partial charge in [-0.1, -0.05) is 22.5 Å². The van der Waals surface area contributed by atoms with E-state index >= 15 is 0 Å². The van der Waals surface area contributed by atoms with E-state index in [4.69, 9.17) is 9.84 Å². The molecule has 0 radical (unpaired) electrons. The highest BCUT2D eigenvalue weighted by molar-refractivity contribution is 7.13. The number of benzene rings is 1. The molecule has 0 aliphatic rings. The van der Waals surface area contributed by atoms with E-state index in [-0.39, 0.29) is 6.61 Å². The summed E-state index contributed by atoms with van der Waals surface area (Å²) < 4.78 is 5.67. The van der Waals surface area contributed by atoms with E-state index in [9.17, 15) is 0 Å². The monoisotopic (exact) mass is 259 g/mol. The minimum Gasteiger partial charge on any atom is -0.429 e. The van der Waals surface area contributed by atoms with Crippen molar-refractivity contribution in [2.24, 2.45) is 0 Å². The van der Waals surface area contributed by atoms with E-state index in [1.54, 1.807) is 6.20 Å². The first-order valence-corrected chi connectivity index (χ1v) is 6.13. The molecule has 3 rings (SSSR count). The Morgan fingerprint density at radius 3 is 2.94 bits per heavy atom. The lowest BCUT2D eigenvalue weighted by Gasteiger charge is -2.04. The highest BCUT2D eigenvalue weighted by Gasteiger charge is 2.08. The Morgan fingerprint density at radius 1 is 1.17 bits per heavy atom. The third-order valence-corrected chi connectivity index (χ3v) is 3.17. The number of ether oxygens (including phenoxy) is 1. The van der Waals surface area contributed by atoms with E-state index in [0.29, 0.717) is 16.0 Å². The molecule has 0 atom stereocenters. The van der Waals surface area contributed by atoms with Gasteiger partial charge in [-0.15, -0.1) is 5.10 Å². The zero-order valence-corrected chi connectivity index (χ0v) is 10.1. The van der Waals surface area contributed by atoms with Gasteiger partial charge in [0, 0.05) is 11.6 Å². The number of rotatable bonds is 3. The van der Waals surface area contributed by atoms with Crippen LogP contribution in [0, 0.1) is 0 Å². The van der Waals surface area contributed by atoms with Gasteiger partial charge in [0.05, 0.1) is 12.1 Å². The van der Waals surface area contributed by atoms with E-state index < -0.39 is 0 Å². The average Bonchev–Trinajstić information content (AvgIpc) is 2.87. The Labute approximate surface area is 107 Å². The molecule has 3 aromatic rings. The fourth-order valence-electron chi connectivity index (χ4n) is 1.60. The third-order valence-electron chi connectivity index (χ3n) is 2.39. The number of pyridine rings is 1. The van der Waals surface area contributed by atoms with Crippen LogP contribution in [0.1, 0.15) is 5.01 Å². The van der Waals surface area contributed by atoms with Crippen molar-refractivity contribution in [3.8, 4) is 10.9 Å². The van der Waals surface area contributed by atoms with Crippen LogP contribution < -0.4 is 4.74 Å². The van der Waals surface area contributed by atoms with Crippen molar-refractivity contribution in [2.45, 2.75) is 6.61 Å². The van der Waals surface area contributed by atoms with Gasteiger partial charge in [0.15, 0.2) is 0 Å². The first kappa shape index (κ1) is 11.1. The summed E-state index contributed by atoms with van der Waals surface area (Å²) in [5, 5.41) is 18.4. The van der Waals surface area contributed by atoms with E-state index in [0.717, 1.165) is 10.9 Å². The Bertz CT molecular complexity index is 678. The van der Waals surface area contributed by atoms with Crippen molar-refractivity contribution in [3.05, 3.63) is 41.5 Å². The molecule has 0 saturated carbocycles. The zero-order chi connectivity index (χ0) is 12.4. The van der Waals surface area contributed by atoms with Crippen molar-refractivity contribution in [2.75, 3.05) is 0 Å². The molecule has 0 saturated heterocycles. The quantitative estimate of drug-likeness (QED) is 0.782. The molecule has 1 N–H and O–H groups in total. The van der Waals surface area contributed by atoms with Crippen molar-refractivity contribution in [3.63, 3.8) is 0 Å². The largest absolute Gasteiger partial charge is 0.429 e. The van der Waals surface area contributed by atoms with Gasteiger partial charge < -0.3 is 9.84 Å². The van der Waals surface area contributed by atoms with Crippen LogP contribution in [-0.2, 0) is 6.61 Å². The minimum atomic E-state index is -0.127. The summed E-state index contributed by atoms with van der Waals surface area (Å²) in [4.78, 5) is 4.25. The van der Waals surface area contributed by atoms with Gasteiger partial charge in [-0.3, -0.25) is 4.98 Å². The van der Waals surface area contributed by atoms with E-state index in [1.165, 1.54) is 11.3 Å². The number of aromatic nitrogens is 3. The summed E-state index contributed by atoms with van der Waals surface area (Å²) in [6, 6.07) is 9.43. The smallest absolute Gasteiger partial charge is 0.299 e. The first-order valence-electron chi connectivity index (χ1n) is 5.31. The molecule has 18 heavy (non-hydrogen) atoms. The van der Waals surface area contributed by atoms with Gasteiger partial charge in [-0.25, -0.2) is 0 Å². The normalized spacial score (nSPS) is 10.7. The van der Waals surface area contributed by atoms with Crippen molar-refractivity contribution in [1.82, 2.24) is 15.2 Å². The number of nitrogens with zero attached hydrogens (tertiary/aromatic N) is 3. The molecular weight excluding hydrogens is 250 g/mol. The van der Waals surface area contributed by atoms with Crippen LogP contribution in [0.2, 0.25) is 0 Å². The van der Waals surface area contributed by atoms with Crippen molar-refractivity contribution >= 4 is 22.2 Å². The highest BCUT2D eigenvalue weighted by atomic mass is 32.1. The first-order chi connectivity index (χ1) is 8.86. The van der Waals surface area contributed by atoms with Crippen molar-refractivity contribution in [1.29, 1.82) is 0 Å². The summed E-state index contributed by atoms with van der Waals surface area (Å²) >= 11 is 1.22. The van der Waals surface area contributed by atoms with Gasteiger partial charge in [0.25, 0.3) is 5.19 Å². The van der Waals surface area contributed by atoms with Crippen LogP contribution in [0.4, 0.5) is 0 Å². The summed E-state index contributed by atoms with van der Waals surface area (Å²) in [5.41, 5.74) is 0.863. The average molecular weight is 259 g/mol. The predicted octanol–water partition coefficient (Wildman–Crippen LogP) is 2.37. The second-order valence-corrected chi connectivity index (χ2v) is 4.57. The van der Waals surface area contributed by atoms with Gasteiger partial charge in [0.1, 0.15) is 10.8 Å². The number of aliphatic hydroxyl groups is 1. The lowest BCUT2D eigenvalue weighted by atomic mass is 10.2.